The summed E-state index contributed by atoms with van der Waals surface area (Å²) < 4.78 is 6.21. The molecule has 1 saturated carbocycles. The first-order valence-electron chi connectivity index (χ1n) is 7.71. The van der Waals surface area contributed by atoms with Crippen LogP contribution in [0.2, 0.25) is 0 Å². The Hall–Kier alpha value is -0.0800. The van der Waals surface area contributed by atoms with Crippen molar-refractivity contribution < 1.29 is 9.84 Å². The van der Waals surface area contributed by atoms with E-state index in [1.54, 1.807) is 0 Å². The third-order valence-corrected chi connectivity index (χ3v) is 4.13. The van der Waals surface area contributed by atoms with Crippen molar-refractivity contribution >= 4 is 0 Å². The van der Waals surface area contributed by atoms with Gasteiger partial charge in [-0.3, -0.25) is 0 Å². The van der Waals surface area contributed by atoms with Gasteiger partial charge in [0.05, 0.1) is 18.3 Å². The molecule has 2 heteroatoms. The largest absolute Gasteiger partial charge is 0.390 e. The summed E-state index contributed by atoms with van der Waals surface area (Å²) in [6, 6.07) is 0. The Bertz CT molecular complexity index is 237. The second-order valence-corrected chi connectivity index (χ2v) is 6.97. The van der Waals surface area contributed by atoms with Gasteiger partial charge < -0.3 is 9.84 Å². The average Bonchev–Trinajstić information content (AvgIpc) is 2.23. The van der Waals surface area contributed by atoms with Crippen LogP contribution in [0.4, 0.5) is 0 Å². The molecule has 0 saturated heterocycles. The predicted octanol–water partition coefficient (Wildman–Crippen LogP) is 4.16. The lowest BCUT2D eigenvalue weighted by Crippen LogP contribution is -2.38. The summed E-state index contributed by atoms with van der Waals surface area (Å²) in [6.45, 7) is 11.2. The summed E-state index contributed by atoms with van der Waals surface area (Å²) in [6.07, 6.45) is 6.42. The topological polar surface area (TPSA) is 29.5 Å². The van der Waals surface area contributed by atoms with Gasteiger partial charge in [-0.2, -0.15) is 0 Å². The van der Waals surface area contributed by atoms with E-state index in [2.05, 4.69) is 34.6 Å². The Morgan fingerprint density at radius 1 is 1.28 bits per heavy atom. The van der Waals surface area contributed by atoms with Gasteiger partial charge in [-0.15, -0.1) is 0 Å². The van der Waals surface area contributed by atoms with Crippen LogP contribution in [0.15, 0.2) is 0 Å². The summed E-state index contributed by atoms with van der Waals surface area (Å²) >= 11 is 0. The molecule has 1 rings (SSSR count). The van der Waals surface area contributed by atoms with Crippen molar-refractivity contribution in [1.29, 1.82) is 0 Å². The maximum Gasteiger partial charge on any atom is 0.0835 e. The normalized spacial score (nSPS) is 31.0. The molecule has 4 unspecified atom stereocenters. The van der Waals surface area contributed by atoms with Gasteiger partial charge in [0, 0.05) is 0 Å². The SMILES string of the molecule is CCCC(O)C(CC)OC1CC(C)CC(C)(C)C1. The number of aliphatic hydroxyl groups excluding tert-OH is 1. The van der Waals surface area contributed by atoms with Crippen LogP contribution in [0.1, 0.15) is 73.1 Å². The van der Waals surface area contributed by atoms with Crippen molar-refractivity contribution in [3.63, 3.8) is 0 Å². The molecule has 0 spiro atoms. The molecule has 0 heterocycles. The summed E-state index contributed by atoms with van der Waals surface area (Å²) in [5, 5.41) is 10.1. The minimum atomic E-state index is -0.291. The molecule has 0 aromatic heterocycles. The molecule has 0 amide bonds. The Kier molecular flexibility index (Phi) is 6.13. The van der Waals surface area contributed by atoms with Crippen molar-refractivity contribution in [3.8, 4) is 0 Å². The zero-order valence-corrected chi connectivity index (χ0v) is 12.9. The summed E-state index contributed by atoms with van der Waals surface area (Å²) in [5.74, 6) is 0.736. The first-order chi connectivity index (χ1) is 8.38. The zero-order valence-electron chi connectivity index (χ0n) is 12.9. The second kappa shape index (κ2) is 6.91. The predicted molar refractivity (Wildman–Crippen MR) is 76.7 cm³/mol. The number of ether oxygens (including phenoxy) is 1. The highest BCUT2D eigenvalue weighted by Gasteiger charge is 2.34. The van der Waals surface area contributed by atoms with Crippen LogP contribution in [0, 0.1) is 11.3 Å². The van der Waals surface area contributed by atoms with Crippen LogP contribution in [0.3, 0.4) is 0 Å². The highest BCUT2D eigenvalue weighted by molar-refractivity contribution is 4.84. The molecule has 1 aliphatic rings. The standard InChI is InChI=1S/C16H32O2/c1-6-8-14(17)15(7-2)18-13-9-12(3)10-16(4,5)11-13/h12-15,17H,6-11H2,1-5H3. The lowest BCUT2D eigenvalue weighted by Gasteiger charge is -2.40. The molecule has 0 aliphatic heterocycles. The average molecular weight is 256 g/mol. The van der Waals surface area contributed by atoms with Crippen molar-refractivity contribution in [3.05, 3.63) is 0 Å². The first-order valence-corrected chi connectivity index (χ1v) is 7.71. The van der Waals surface area contributed by atoms with Gasteiger partial charge >= 0.3 is 0 Å². The van der Waals surface area contributed by atoms with E-state index >= 15 is 0 Å². The van der Waals surface area contributed by atoms with Crippen molar-refractivity contribution in [2.75, 3.05) is 0 Å². The maximum atomic E-state index is 10.1. The van der Waals surface area contributed by atoms with Gasteiger partial charge in [0.25, 0.3) is 0 Å². The van der Waals surface area contributed by atoms with E-state index in [1.165, 1.54) is 6.42 Å². The quantitative estimate of drug-likeness (QED) is 0.773. The summed E-state index contributed by atoms with van der Waals surface area (Å²) in [7, 11) is 0. The van der Waals surface area contributed by atoms with Gasteiger partial charge in [-0.25, -0.2) is 0 Å². The van der Waals surface area contributed by atoms with Gasteiger partial charge in [0.15, 0.2) is 0 Å². The smallest absolute Gasteiger partial charge is 0.0835 e. The fourth-order valence-corrected chi connectivity index (χ4v) is 3.55. The van der Waals surface area contributed by atoms with Crippen LogP contribution in [-0.2, 0) is 4.74 Å². The lowest BCUT2D eigenvalue weighted by atomic mass is 9.71. The monoisotopic (exact) mass is 256 g/mol. The van der Waals surface area contributed by atoms with Crippen molar-refractivity contribution in [2.24, 2.45) is 11.3 Å². The Labute approximate surface area is 113 Å². The van der Waals surface area contributed by atoms with E-state index in [9.17, 15) is 5.11 Å². The minimum absolute atomic E-state index is 0.0241. The zero-order chi connectivity index (χ0) is 13.8. The molecule has 0 radical (unpaired) electrons. The number of aliphatic hydroxyl groups is 1. The molecular weight excluding hydrogens is 224 g/mol. The number of hydrogen-bond donors (Lipinski definition) is 1. The van der Waals surface area contributed by atoms with Gasteiger partial charge in [0.1, 0.15) is 0 Å². The molecule has 0 aromatic rings. The molecule has 1 N–H and O–H groups in total. The summed E-state index contributed by atoms with van der Waals surface area (Å²) in [5.41, 5.74) is 0.385. The molecule has 108 valence electrons. The molecule has 1 aliphatic carbocycles. The molecule has 1 fully saturated rings. The number of hydrogen-bond acceptors (Lipinski definition) is 2. The minimum Gasteiger partial charge on any atom is -0.390 e. The molecule has 18 heavy (non-hydrogen) atoms. The molecule has 2 nitrogen and oxygen atoms in total. The van der Waals surface area contributed by atoms with E-state index in [1.807, 2.05) is 0 Å². The molecule has 0 aromatic carbocycles. The van der Waals surface area contributed by atoms with Gasteiger partial charge in [0.2, 0.25) is 0 Å². The van der Waals surface area contributed by atoms with Crippen LogP contribution >= 0.6 is 0 Å². The van der Waals surface area contributed by atoms with Gasteiger partial charge in [-0.1, -0.05) is 41.0 Å². The van der Waals surface area contributed by atoms with E-state index in [-0.39, 0.29) is 12.2 Å². The third-order valence-electron chi connectivity index (χ3n) is 4.13. The van der Waals surface area contributed by atoms with E-state index in [0.717, 1.165) is 38.0 Å². The highest BCUT2D eigenvalue weighted by Crippen LogP contribution is 2.40. The fourth-order valence-electron chi connectivity index (χ4n) is 3.55. The van der Waals surface area contributed by atoms with Gasteiger partial charge in [-0.05, 0) is 43.4 Å². The Morgan fingerprint density at radius 3 is 2.44 bits per heavy atom. The third kappa shape index (κ3) is 4.89. The van der Waals surface area contributed by atoms with Crippen molar-refractivity contribution in [1.82, 2.24) is 0 Å². The molecular formula is C16H32O2. The van der Waals surface area contributed by atoms with Crippen molar-refractivity contribution in [2.45, 2.75) is 91.5 Å². The van der Waals surface area contributed by atoms with Crippen LogP contribution < -0.4 is 0 Å². The lowest BCUT2D eigenvalue weighted by molar-refractivity contribution is -0.111. The fraction of sp³-hybridized carbons (Fsp3) is 1.00. The van der Waals surface area contributed by atoms with E-state index < -0.39 is 0 Å². The first kappa shape index (κ1) is 16.0. The molecule has 0 bridgehead atoms. The Morgan fingerprint density at radius 2 is 1.94 bits per heavy atom. The second-order valence-electron chi connectivity index (χ2n) is 6.97. The van der Waals surface area contributed by atoms with Crippen LogP contribution in [0.5, 0.6) is 0 Å². The van der Waals surface area contributed by atoms with Crippen LogP contribution in [-0.4, -0.2) is 23.4 Å². The molecule has 4 atom stereocenters. The maximum absolute atomic E-state index is 10.1. The van der Waals surface area contributed by atoms with Crippen LogP contribution in [0.25, 0.3) is 0 Å². The number of rotatable bonds is 6. The highest BCUT2D eigenvalue weighted by atomic mass is 16.5. The Balaban J connectivity index is 2.53. The summed E-state index contributed by atoms with van der Waals surface area (Å²) in [4.78, 5) is 0. The van der Waals surface area contributed by atoms with E-state index in [0.29, 0.717) is 11.5 Å². The van der Waals surface area contributed by atoms with E-state index in [4.69, 9.17) is 4.74 Å².